The first-order valence-electron chi connectivity index (χ1n) is 10.7. The molecule has 1 aliphatic rings. The molecule has 0 spiro atoms. The summed E-state index contributed by atoms with van der Waals surface area (Å²) in [6.45, 7) is 0. The molecule has 0 bridgehead atoms. The van der Waals surface area contributed by atoms with Gasteiger partial charge in [0.15, 0.2) is 0 Å². The second-order valence-corrected chi connectivity index (χ2v) is 7.87. The third-order valence-electron chi connectivity index (χ3n) is 5.59. The van der Waals surface area contributed by atoms with E-state index in [0.717, 1.165) is 35.6 Å². The zero-order valence-electron chi connectivity index (χ0n) is 18.4. The molecule has 3 N–H and O–H groups in total. The number of carbonyl (C=O) groups excluding carboxylic acids is 1. The van der Waals surface area contributed by atoms with Gasteiger partial charge in [0.25, 0.3) is 5.91 Å². The minimum atomic E-state index is -4.86. The number of aromatic nitrogens is 2. The Labute approximate surface area is 200 Å². The topological polar surface area (TPSA) is 88.2 Å². The first-order chi connectivity index (χ1) is 15.8. The van der Waals surface area contributed by atoms with Crippen LogP contribution < -0.4 is 20.7 Å². The zero-order chi connectivity index (χ0) is 23.4. The quantitative estimate of drug-likeness (QED) is 0.438. The maximum atomic E-state index is 12.6. The fourth-order valence-electron chi connectivity index (χ4n) is 4.03. The predicted octanol–water partition coefficient (Wildman–Crippen LogP) is 5.15. The van der Waals surface area contributed by atoms with Gasteiger partial charge in [-0.1, -0.05) is 24.3 Å². The fraction of sp³-hybridized carbons (Fsp3) is 0.348. The molecular formula is C23H25ClF3N5O2. The number of carbonyl (C=O) groups is 1. The van der Waals surface area contributed by atoms with Gasteiger partial charge >= 0.3 is 6.36 Å². The number of anilines is 2. The van der Waals surface area contributed by atoms with Gasteiger partial charge in [0, 0.05) is 24.5 Å². The first kappa shape index (κ1) is 25.4. The van der Waals surface area contributed by atoms with Crippen molar-refractivity contribution in [3.05, 3.63) is 54.1 Å². The van der Waals surface area contributed by atoms with Crippen molar-refractivity contribution in [3.63, 3.8) is 0 Å². The first-order valence-corrected chi connectivity index (χ1v) is 10.7. The number of hydrogen-bond donors (Lipinski definition) is 3. The van der Waals surface area contributed by atoms with Crippen molar-refractivity contribution in [2.24, 2.45) is 0 Å². The fourth-order valence-corrected chi connectivity index (χ4v) is 4.03. The van der Waals surface area contributed by atoms with E-state index < -0.39 is 18.0 Å². The highest BCUT2D eigenvalue weighted by molar-refractivity contribution is 5.97. The summed E-state index contributed by atoms with van der Waals surface area (Å²) in [5.74, 6) is 0.182. The van der Waals surface area contributed by atoms with E-state index in [-0.39, 0.29) is 30.1 Å². The van der Waals surface area contributed by atoms with Crippen molar-refractivity contribution < 1.29 is 22.7 Å². The summed E-state index contributed by atoms with van der Waals surface area (Å²) in [6, 6.07) is 13.1. The number of nitrogens with one attached hydrogen (secondary N) is 3. The molecule has 1 amide bonds. The van der Waals surface area contributed by atoms with Gasteiger partial charge in [-0.3, -0.25) is 4.79 Å². The number of nitrogens with zero attached hydrogens (tertiary/aromatic N) is 2. The van der Waals surface area contributed by atoms with Crippen LogP contribution >= 0.6 is 12.4 Å². The molecule has 0 unspecified atom stereocenters. The Bertz CT molecular complexity index is 1140. The number of rotatable bonds is 6. The van der Waals surface area contributed by atoms with Gasteiger partial charge in [-0.15, -0.1) is 25.6 Å². The normalized spacial score (nSPS) is 18.0. The van der Waals surface area contributed by atoms with Crippen LogP contribution in [-0.4, -0.2) is 41.4 Å². The predicted molar refractivity (Wildman–Crippen MR) is 127 cm³/mol. The van der Waals surface area contributed by atoms with E-state index in [2.05, 4.69) is 30.7 Å². The van der Waals surface area contributed by atoms with Crippen LogP contribution in [0.15, 0.2) is 48.5 Å². The minimum absolute atomic E-state index is 0. The van der Waals surface area contributed by atoms with E-state index in [1.54, 1.807) is 0 Å². The van der Waals surface area contributed by atoms with Gasteiger partial charge in [-0.2, -0.15) is 4.98 Å². The van der Waals surface area contributed by atoms with Crippen LogP contribution in [0.2, 0.25) is 0 Å². The van der Waals surface area contributed by atoms with E-state index in [1.165, 1.54) is 18.2 Å². The molecular weight excluding hydrogens is 471 g/mol. The van der Waals surface area contributed by atoms with Gasteiger partial charge in [-0.25, -0.2) is 4.98 Å². The molecule has 1 saturated carbocycles. The molecule has 2 aromatic carbocycles. The molecule has 3 aromatic rings. The van der Waals surface area contributed by atoms with E-state index in [4.69, 9.17) is 0 Å². The molecule has 1 heterocycles. The second kappa shape index (κ2) is 10.8. The third-order valence-corrected chi connectivity index (χ3v) is 5.59. The lowest BCUT2D eigenvalue weighted by molar-refractivity contribution is -0.274. The molecule has 1 fully saturated rings. The van der Waals surface area contributed by atoms with E-state index in [1.807, 2.05) is 31.3 Å². The van der Waals surface area contributed by atoms with Crippen LogP contribution in [0, 0.1) is 0 Å². The number of halogens is 4. The molecule has 0 atom stereocenters. The van der Waals surface area contributed by atoms with Crippen LogP contribution in [0.5, 0.6) is 5.75 Å². The second-order valence-electron chi connectivity index (χ2n) is 7.87. The Balaban J connectivity index is 0.00000324. The molecule has 4 rings (SSSR count). The van der Waals surface area contributed by atoms with Gasteiger partial charge < -0.3 is 20.7 Å². The lowest BCUT2D eigenvalue weighted by atomic mass is 9.91. The van der Waals surface area contributed by atoms with E-state index in [9.17, 15) is 18.0 Å². The van der Waals surface area contributed by atoms with Crippen LogP contribution in [0.25, 0.3) is 10.9 Å². The van der Waals surface area contributed by atoms with Gasteiger partial charge in [0.2, 0.25) is 5.95 Å². The average Bonchev–Trinajstić information content (AvgIpc) is 2.79. The molecule has 34 heavy (non-hydrogen) atoms. The smallest absolute Gasteiger partial charge is 0.405 e. The Morgan fingerprint density at radius 2 is 1.62 bits per heavy atom. The summed E-state index contributed by atoms with van der Waals surface area (Å²) in [7, 11) is 1.81. The SMILES string of the molecule is CNc1nc(NC2CCC(NC(=O)c3ccccc3OC(F)(F)F)CC2)nc2ccccc12.Cl. The monoisotopic (exact) mass is 495 g/mol. The van der Waals surface area contributed by atoms with Crippen LogP contribution in [0.1, 0.15) is 36.0 Å². The number of fused-ring (bicyclic) bond motifs is 1. The number of alkyl halides is 3. The average molecular weight is 496 g/mol. The lowest BCUT2D eigenvalue weighted by Gasteiger charge is -2.30. The highest BCUT2D eigenvalue weighted by Crippen LogP contribution is 2.28. The number of para-hydroxylation sites is 2. The molecule has 0 saturated heterocycles. The lowest BCUT2D eigenvalue weighted by Crippen LogP contribution is -2.40. The number of hydrogen-bond acceptors (Lipinski definition) is 6. The minimum Gasteiger partial charge on any atom is -0.405 e. The molecule has 1 aliphatic carbocycles. The summed E-state index contributed by atoms with van der Waals surface area (Å²) < 4.78 is 41.9. The molecule has 11 heteroatoms. The summed E-state index contributed by atoms with van der Waals surface area (Å²) >= 11 is 0. The number of amides is 1. The third kappa shape index (κ3) is 6.19. The van der Waals surface area contributed by atoms with Crippen molar-refractivity contribution in [2.45, 2.75) is 44.1 Å². The number of ether oxygens (including phenoxy) is 1. The van der Waals surface area contributed by atoms with Gasteiger partial charge in [0.1, 0.15) is 11.6 Å². The van der Waals surface area contributed by atoms with Crippen molar-refractivity contribution >= 4 is 41.0 Å². The maximum Gasteiger partial charge on any atom is 0.573 e. The van der Waals surface area contributed by atoms with Crippen molar-refractivity contribution in [2.75, 3.05) is 17.7 Å². The van der Waals surface area contributed by atoms with Crippen molar-refractivity contribution in [3.8, 4) is 5.75 Å². The van der Waals surface area contributed by atoms with Crippen molar-refractivity contribution in [1.29, 1.82) is 0 Å². The zero-order valence-corrected chi connectivity index (χ0v) is 19.2. The van der Waals surface area contributed by atoms with Crippen LogP contribution in [-0.2, 0) is 0 Å². The molecule has 0 aliphatic heterocycles. The largest absolute Gasteiger partial charge is 0.573 e. The Morgan fingerprint density at radius 1 is 0.971 bits per heavy atom. The van der Waals surface area contributed by atoms with E-state index >= 15 is 0 Å². The number of benzene rings is 2. The molecule has 7 nitrogen and oxygen atoms in total. The molecule has 1 aromatic heterocycles. The Kier molecular flexibility index (Phi) is 8.03. The Morgan fingerprint density at radius 3 is 2.32 bits per heavy atom. The van der Waals surface area contributed by atoms with Crippen molar-refractivity contribution in [1.82, 2.24) is 15.3 Å². The summed E-state index contributed by atoms with van der Waals surface area (Å²) in [4.78, 5) is 21.7. The summed E-state index contributed by atoms with van der Waals surface area (Å²) in [5, 5.41) is 10.2. The standard InChI is InChI=1S/C23H24F3N5O2.ClH/c1-27-20-16-6-2-4-8-18(16)30-22(31-20)29-15-12-10-14(11-13-15)28-21(32)17-7-3-5-9-19(17)33-23(24,25)26;/h2-9,14-15H,10-13H2,1H3,(H,28,32)(H2,27,29,30,31);1H. The maximum absolute atomic E-state index is 12.6. The van der Waals surface area contributed by atoms with E-state index in [0.29, 0.717) is 18.8 Å². The van der Waals surface area contributed by atoms with Crippen LogP contribution in [0.4, 0.5) is 24.9 Å². The highest BCUT2D eigenvalue weighted by atomic mass is 35.5. The summed E-state index contributed by atoms with van der Waals surface area (Å²) in [6.07, 6.45) is -1.98. The van der Waals surface area contributed by atoms with Crippen LogP contribution in [0.3, 0.4) is 0 Å². The molecule has 182 valence electrons. The van der Waals surface area contributed by atoms with Gasteiger partial charge in [-0.05, 0) is 49.9 Å². The Hall–Kier alpha value is -3.27. The summed E-state index contributed by atoms with van der Waals surface area (Å²) in [5.41, 5.74) is 0.694. The highest BCUT2D eigenvalue weighted by Gasteiger charge is 2.33. The molecule has 0 radical (unpaired) electrons. The van der Waals surface area contributed by atoms with Gasteiger partial charge in [0.05, 0.1) is 11.1 Å².